The molecule has 0 atom stereocenters. The maximum absolute atomic E-state index is 11.2. The van der Waals surface area contributed by atoms with Crippen LogP contribution in [0.3, 0.4) is 0 Å². The number of aromatic nitrogens is 1. The summed E-state index contributed by atoms with van der Waals surface area (Å²) in [5.41, 5.74) is 3.78. The predicted octanol–water partition coefficient (Wildman–Crippen LogP) is 3.76. The summed E-state index contributed by atoms with van der Waals surface area (Å²) in [5, 5.41) is 9.84. The van der Waals surface area contributed by atoms with E-state index in [1.54, 1.807) is 6.07 Å². The van der Waals surface area contributed by atoms with E-state index in [1.165, 1.54) is 12.3 Å². The Kier molecular flexibility index (Phi) is 3.86. The number of carbonyl (C=O) groups is 1. The van der Waals surface area contributed by atoms with Crippen LogP contribution in [-0.4, -0.2) is 22.7 Å². The van der Waals surface area contributed by atoms with Gasteiger partial charge in [0.25, 0.3) is 0 Å². The number of rotatable bonds is 4. The number of pyridine rings is 1. The van der Waals surface area contributed by atoms with Crippen LogP contribution in [0, 0.1) is 6.92 Å². The van der Waals surface area contributed by atoms with Gasteiger partial charge in [0, 0.05) is 17.6 Å². The molecular formula is C17H14ClNO3. The second kappa shape index (κ2) is 5.81. The third-order valence-electron chi connectivity index (χ3n) is 3.50. The van der Waals surface area contributed by atoms with E-state index >= 15 is 0 Å². The number of ether oxygens (including phenoxy) is 1. The van der Waals surface area contributed by atoms with Gasteiger partial charge in [0.2, 0.25) is 0 Å². The lowest BCUT2D eigenvalue weighted by molar-refractivity contribution is 0.0695. The molecule has 0 spiro atoms. The Labute approximate surface area is 133 Å². The minimum Gasteiger partial charge on any atom is -0.489 e. The molecular weight excluding hydrogens is 302 g/mol. The first-order valence-corrected chi connectivity index (χ1v) is 7.21. The maximum Gasteiger partial charge on any atom is 0.336 e. The quantitative estimate of drug-likeness (QED) is 0.933. The summed E-state index contributed by atoms with van der Waals surface area (Å²) >= 11 is 6.00. The van der Waals surface area contributed by atoms with E-state index < -0.39 is 5.97 Å². The lowest BCUT2D eigenvalue weighted by Gasteiger charge is -2.08. The van der Waals surface area contributed by atoms with Crippen molar-refractivity contribution in [2.24, 2.45) is 0 Å². The molecule has 0 radical (unpaired) electrons. The summed E-state index contributed by atoms with van der Waals surface area (Å²) in [5.74, 6) is -0.229. The van der Waals surface area contributed by atoms with E-state index in [9.17, 15) is 9.90 Å². The Morgan fingerprint density at radius 1 is 1.41 bits per heavy atom. The average molecular weight is 316 g/mol. The summed E-state index contributed by atoms with van der Waals surface area (Å²) in [6.45, 7) is 2.34. The molecule has 112 valence electrons. The number of benzene rings is 1. The highest BCUT2D eigenvalue weighted by molar-refractivity contribution is 6.30. The molecule has 0 bridgehead atoms. The summed E-state index contributed by atoms with van der Waals surface area (Å²) in [7, 11) is 0. The average Bonchev–Trinajstić information content (AvgIpc) is 2.86. The monoisotopic (exact) mass is 315 g/mol. The predicted molar refractivity (Wildman–Crippen MR) is 84.6 cm³/mol. The molecule has 4 nitrogen and oxygen atoms in total. The first-order valence-electron chi connectivity index (χ1n) is 6.83. The van der Waals surface area contributed by atoms with Gasteiger partial charge in [-0.25, -0.2) is 4.79 Å². The molecule has 1 aliphatic rings. The number of hydrogen-bond donors (Lipinski definition) is 1. The molecule has 1 heterocycles. The molecule has 1 aromatic carbocycles. The Morgan fingerprint density at radius 2 is 2.23 bits per heavy atom. The Hall–Kier alpha value is -2.33. The van der Waals surface area contributed by atoms with Gasteiger partial charge in [-0.3, -0.25) is 4.98 Å². The third-order valence-corrected chi connectivity index (χ3v) is 3.72. The van der Waals surface area contributed by atoms with Crippen LogP contribution < -0.4 is 4.74 Å². The van der Waals surface area contributed by atoms with E-state index in [0.717, 1.165) is 16.7 Å². The Bertz CT molecular complexity index is 763. The second-order valence-electron chi connectivity index (χ2n) is 5.26. The number of halogens is 1. The van der Waals surface area contributed by atoms with Gasteiger partial charge >= 0.3 is 5.97 Å². The van der Waals surface area contributed by atoms with Crippen molar-refractivity contribution in [3.63, 3.8) is 0 Å². The minimum absolute atomic E-state index is 0.301. The SMILES string of the molecule is Cc1cc(Cl)cc(OCC2=Cc3nccc(C(=O)O)c3C2)c1. The highest BCUT2D eigenvalue weighted by atomic mass is 35.5. The van der Waals surface area contributed by atoms with Crippen molar-refractivity contribution in [1.29, 1.82) is 0 Å². The molecule has 22 heavy (non-hydrogen) atoms. The lowest BCUT2D eigenvalue weighted by atomic mass is 10.1. The topological polar surface area (TPSA) is 59.4 Å². The lowest BCUT2D eigenvalue weighted by Crippen LogP contribution is -2.05. The molecule has 0 amide bonds. The van der Waals surface area contributed by atoms with Crippen molar-refractivity contribution in [3.8, 4) is 5.75 Å². The molecule has 1 aromatic heterocycles. The van der Waals surface area contributed by atoms with E-state index in [4.69, 9.17) is 16.3 Å². The molecule has 0 aliphatic heterocycles. The fourth-order valence-electron chi connectivity index (χ4n) is 2.55. The van der Waals surface area contributed by atoms with Gasteiger partial charge in [-0.2, -0.15) is 0 Å². The standard InChI is InChI=1S/C17H14ClNO3/c1-10-4-12(18)8-13(5-10)22-9-11-6-15-14(17(20)21)2-3-19-16(15)7-11/h2-5,7-8H,6,9H2,1H3,(H,20,21). The van der Waals surface area contributed by atoms with Crippen molar-refractivity contribution in [2.75, 3.05) is 6.61 Å². The molecule has 2 aromatic rings. The number of aromatic carboxylic acids is 1. The van der Waals surface area contributed by atoms with Crippen LogP contribution in [0.2, 0.25) is 5.02 Å². The van der Waals surface area contributed by atoms with Crippen LogP contribution in [0.4, 0.5) is 0 Å². The Balaban J connectivity index is 1.74. The fraction of sp³-hybridized carbons (Fsp3) is 0.176. The maximum atomic E-state index is 11.2. The van der Waals surface area contributed by atoms with Crippen LogP contribution in [0.5, 0.6) is 5.75 Å². The summed E-state index contributed by atoms with van der Waals surface area (Å²) in [6.07, 6.45) is 3.95. The summed E-state index contributed by atoms with van der Waals surface area (Å²) < 4.78 is 5.76. The molecule has 0 saturated heterocycles. The van der Waals surface area contributed by atoms with Crippen LogP contribution >= 0.6 is 11.6 Å². The molecule has 0 saturated carbocycles. The molecule has 0 fully saturated rings. The molecule has 1 N–H and O–H groups in total. The van der Waals surface area contributed by atoms with Crippen molar-refractivity contribution in [3.05, 3.63) is 63.4 Å². The number of aryl methyl sites for hydroxylation is 1. The highest BCUT2D eigenvalue weighted by Crippen LogP contribution is 2.27. The summed E-state index contributed by atoms with van der Waals surface area (Å²) in [4.78, 5) is 15.4. The number of nitrogens with zero attached hydrogens (tertiary/aromatic N) is 1. The zero-order valence-corrected chi connectivity index (χ0v) is 12.7. The van der Waals surface area contributed by atoms with Crippen molar-refractivity contribution < 1.29 is 14.6 Å². The van der Waals surface area contributed by atoms with Gasteiger partial charge in [0.05, 0.1) is 11.3 Å². The number of carboxylic acid groups (broad SMARTS) is 1. The minimum atomic E-state index is -0.931. The van der Waals surface area contributed by atoms with Crippen LogP contribution in [0.15, 0.2) is 36.0 Å². The number of carboxylic acids is 1. The smallest absolute Gasteiger partial charge is 0.336 e. The number of hydrogen-bond acceptors (Lipinski definition) is 3. The van der Waals surface area contributed by atoms with Crippen LogP contribution in [0.1, 0.15) is 27.2 Å². The first-order chi connectivity index (χ1) is 10.5. The zero-order chi connectivity index (χ0) is 15.7. The van der Waals surface area contributed by atoms with Gasteiger partial charge in [0.1, 0.15) is 12.4 Å². The van der Waals surface area contributed by atoms with E-state index in [0.29, 0.717) is 35.1 Å². The van der Waals surface area contributed by atoms with Crippen molar-refractivity contribution >= 4 is 23.6 Å². The summed E-state index contributed by atoms with van der Waals surface area (Å²) in [6, 6.07) is 7.06. The van der Waals surface area contributed by atoms with Crippen LogP contribution in [0.25, 0.3) is 6.08 Å². The van der Waals surface area contributed by atoms with Crippen LogP contribution in [-0.2, 0) is 6.42 Å². The molecule has 1 aliphatic carbocycles. The molecule has 5 heteroatoms. The van der Waals surface area contributed by atoms with Crippen molar-refractivity contribution in [1.82, 2.24) is 4.98 Å². The normalized spacial score (nSPS) is 12.7. The van der Waals surface area contributed by atoms with Gasteiger partial charge in [0.15, 0.2) is 0 Å². The number of fused-ring (bicyclic) bond motifs is 1. The van der Waals surface area contributed by atoms with Gasteiger partial charge in [-0.15, -0.1) is 0 Å². The van der Waals surface area contributed by atoms with Gasteiger partial charge < -0.3 is 9.84 Å². The molecule has 0 unspecified atom stereocenters. The van der Waals surface area contributed by atoms with Crippen molar-refractivity contribution in [2.45, 2.75) is 13.3 Å². The first kappa shape index (κ1) is 14.6. The fourth-order valence-corrected chi connectivity index (χ4v) is 2.83. The second-order valence-corrected chi connectivity index (χ2v) is 5.70. The largest absolute Gasteiger partial charge is 0.489 e. The highest BCUT2D eigenvalue weighted by Gasteiger charge is 2.20. The Morgan fingerprint density at radius 3 is 2.95 bits per heavy atom. The van der Waals surface area contributed by atoms with E-state index in [-0.39, 0.29) is 0 Å². The van der Waals surface area contributed by atoms with Gasteiger partial charge in [-0.05, 0) is 54.0 Å². The van der Waals surface area contributed by atoms with E-state index in [2.05, 4.69) is 4.98 Å². The zero-order valence-electron chi connectivity index (χ0n) is 12.0. The van der Waals surface area contributed by atoms with E-state index in [1.807, 2.05) is 25.1 Å². The molecule has 3 rings (SSSR count). The third kappa shape index (κ3) is 2.97. The van der Waals surface area contributed by atoms with Gasteiger partial charge in [-0.1, -0.05) is 11.6 Å².